The molecule has 0 aromatic heterocycles. The van der Waals surface area contributed by atoms with Gasteiger partial charge in [0.25, 0.3) is 11.8 Å². The van der Waals surface area contributed by atoms with Crippen LogP contribution in [0.5, 0.6) is 5.75 Å². The topological polar surface area (TPSA) is 83.9 Å². The largest absolute Gasteiger partial charge is 0.489 e. The van der Waals surface area contributed by atoms with Crippen LogP contribution in [0.25, 0.3) is 0 Å². The van der Waals surface area contributed by atoms with Gasteiger partial charge in [0, 0.05) is 6.42 Å². The van der Waals surface area contributed by atoms with Crippen molar-refractivity contribution in [2.75, 3.05) is 4.90 Å². The lowest BCUT2D eigenvalue weighted by Crippen LogP contribution is -2.30. The second-order valence-corrected chi connectivity index (χ2v) is 5.82. The van der Waals surface area contributed by atoms with E-state index in [9.17, 15) is 14.4 Å². The molecule has 2 aromatic carbocycles. The van der Waals surface area contributed by atoms with Crippen molar-refractivity contribution < 1.29 is 24.2 Å². The zero-order valence-corrected chi connectivity index (χ0v) is 13.6. The van der Waals surface area contributed by atoms with Gasteiger partial charge in [0.1, 0.15) is 5.75 Å². The summed E-state index contributed by atoms with van der Waals surface area (Å²) >= 11 is 0. The average molecular weight is 339 g/mol. The lowest BCUT2D eigenvalue weighted by molar-refractivity contribution is -0.137. The molecule has 1 unspecified atom stereocenters. The summed E-state index contributed by atoms with van der Waals surface area (Å²) in [6, 6.07) is 13.4. The van der Waals surface area contributed by atoms with Gasteiger partial charge in [0.2, 0.25) is 0 Å². The Labute approximate surface area is 144 Å². The van der Waals surface area contributed by atoms with Gasteiger partial charge < -0.3 is 9.84 Å². The number of imide groups is 1. The first kappa shape index (κ1) is 16.7. The highest BCUT2D eigenvalue weighted by atomic mass is 16.5. The van der Waals surface area contributed by atoms with Crippen LogP contribution in [0, 0.1) is 0 Å². The number of carboxylic acids is 1. The van der Waals surface area contributed by atoms with Crippen LogP contribution >= 0.6 is 0 Å². The number of para-hydroxylation sites is 2. The molecular weight excluding hydrogens is 322 g/mol. The molecule has 25 heavy (non-hydrogen) atoms. The lowest BCUT2D eigenvalue weighted by atomic mass is 10.1. The maximum absolute atomic E-state index is 12.6. The smallest absolute Gasteiger partial charge is 0.303 e. The summed E-state index contributed by atoms with van der Waals surface area (Å²) in [7, 11) is 0. The third-order valence-corrected chi connectivity index (χ3v) is 3.99. The Balaban J connectivity index is 1.88. The van der Waals surface area contributed by atoms with Gasteiger partial charge in [-0.3, -0.25) is 14.4 Å². The van der Waals surface area contributed by atoms with Crippen LogP contribution in [0.15, 0.2) is 48.5 Å². The summed E-state index contributed by atoms with van der Waals surface area (Å²) in [6.45, 7) is 1.75. The SMILES string of the molecule is CC(CCC(=O)O)Oc1ccccc1N1C(=O)c2ccccc2C1=O. The third-order valence-electron chi connectivity index (χ3n) is 3.99. The maximum Gasteiger partial charge on any atom is 0.303 e. The van der Waals surface area contributed by atoms with E-state index in [1.54, 1.807) is 55.5 Å². The molecule has 0 saturated heterocycles. The number of amides is 2. The molecule has 1 aliphatic rings. The molecule has 128 valence electrons. The quantitative estimate of drug-likeness (QED) is 0.818. The number of rotatable bonds is 6. The van der Waals surface area contributed by atoms with Crippen LogP contribution in [-0.4, -0.2) is 29.0 Å². The van der Waals surface area contributed by atoms with Crippen LogP contribution in [0.2, 0.25) is 0 Å². The Morgan fingerprint density at radius 2 is 1.60 bits per heavy atom. The number of benzene rings is 2. The van der Waals surface area contributed by atoms with Crippen molar-refractivity contribution in [3.63, 3.8) is 0 Å². The normalized spacial score (nSPS) is 14.4. The minimum absolute atomic E-state index is 0.0175. The zero-order valence-electron chi connectivity index (χ0n) is 13.6. The molecule has 6 heteroatoms. The molecule has 3 rings (SSSR count). The average Bonchev–Trinajstić information content (AvgIpc) is 2.85. The summed E-state index contributed by atoms with van der Waals surface area (Å²) in [6.07, 6.45) is -0.0604. The molecule has 1 N–H and O–H groups in total. The monoisotopic (exact) mass is 339 g/mol. The van der Waals surface area contributed by atoms with Gasteiger partial charge in [-0.25, -0.2) is 4.90 Å². The van der Waals surface area contributed by atoms with E-state index < -0.39 is 17.8 Å². The fraction of sp³-hybridized carbons (Fsp3) is 0.211. The Kier molecular flexibility index (Phi) is 4.52. The zero-order chi connectivity index (χ0) is 18.0. The van der Waals surface area contributed by atoms with E-state index in [-0.39, 0.29) is 12.5 Å². The minimum atomic E-state index is -0.899. The summed E-state index contributed by atoms with van der Waals surface area (Å²) in [5.41, 5.74) is 1.08. The van der Waals surface area contributed by atoms with Gasteiger partial charge in [-0.1, -0.05) is 24.3 Å². The van der Waals surface area contributed by atoms with Crippen molar-refractivity contribution in [2.45, 2.75) is 25.9 Å². The molecule has 1 aliphatic heterocycles. The van der Waals surface area contributed by atoms with E-state index >= 15 is 0 Å². The number of fused-ring (bicyclic) bond motifs is 1. The minimum Gasteiger partial charge on any atom is -0.489 e. The molecule has 1 atom stereocenters. The fourth-order valence-electron chi connectivity index (χ4n) is 2.75. The molecule has 6 nitrogen and oxygen atoms in total. The van der Waals surface area contributed by atoms with Crippen molar-refractivity contribution in [1.29, 1.82) is 0 Å². The predicted molar refractivity (Wildman–Crippen MR) is 91.0 cm³/mol. The fourth-order valence-corrected chi connectivity index (χ4v) is 2.75. The van der Waals surface area contributed by atoms with Gasteiger partial charge in [0.15, 0.2) is 0 Å². The van der Waals surface area contributed by atoms with E-state index in [0.29, 0.717) is 29.0 Å². The van der Waals surface area contributed by atoms with Crippen molar-refractivity contribution in [2.24, 2.45) is 0 Å². The maximum atomic E-state index is 12.6. The number of ether oxygens (including phenoxy) is 1. The van der Waals surface area contributed by atoms with Crippen LogP contribution in [-0.2, 0) is 4.79 Å². The van der Waals surface area contributed by atoms with Gasteiger partial charge in [-0.2, -0.15) is 0 Å². The Hall–Kier alpha value is -3.15. The number of anilines is 1. The second-order valence-electron chi connectivity index (χ2n) is 5.82. The van der Waals surface area contributed by atoms with Crippen LogP contribution in [0.3, 0.4) is 0 Å². The third kappa shape index (κ3) is 3.24. The number of carboxylic acid groups (broad SMARTS) is 1. The number of aliphatic carboxylic acids is 1. The summed E-state index contributed by atoms with van der Waals surface area (Å²) in [5.74, 6) is -1.32. The van der Waals surface area contributed by atoms with Crippen molar-refractivity contribution in [3.8, 4) is 5.75 Å². The van der Waals surface area contributed by atoms with Crippen LogP contribution in [0.4, 0.5) is 5.69 Å². The first-order valence-electron chi connectivity index (χ1n) is 7.94. The molecule has 0 aliphatic carbocycles. The summed E-state index contributed by atoms with van der Waals surface area (Å²) in [5, 5.41) is 8.77. The van der Waals surface area contributed by atoms with Crippen molar-refractivity contribution in [1.82, 2.24) is 0 Å². The van der Waals surface area contributed by atoms with E-state index in [1.807, 2.05) is 0 Å². The van der Waals surface area contributed by atoms with E-state index in [4.69, 9.17) is 9.84 Å². The molecule has 0 fully saturated rings. The Morgan fingerprint density at radius 3 is 2.20 bits per heavy atom. The molecular formula is C19H17NO5. The highest BCUT2D eigenvalue weighted by molar-refractivity contribution is 6.34. The second kappa shape index (κ2) is 6.76. The summed E-state index contributed by atoms with van der Waals surface area (Å²) in [4.78, 5) is 37.1. The molecule has 1 heterocycles. The molecule has 2 aromatic rings. The van der Waals surface area contributed by atoms with Gasteiger partial charge in [-0.15, -0.1) is 0 Å². The van der Waals surface area contributed by atoms with Crippen molar-refractivity contribution >= 4 is 23.5 Å². The highest BCUT2D eigenvalue weighted by Gasteiger charge is 2.37. The Bertz CT molecular complexity index is 810. The standard InChI is InChI=1S/C19H17NO5/c1-12(10-11-17(21)22)25-16-9-5-4-8-15(16)20-18(23)13-6-2-3-7-14(13)19(20)24/h2-9,12H,10-11H2,1H3,(H,21,22). The van der Waals surface area contributed by atoms with E-state index in [1.165, 1.54) is 0 Å². The van der Waals surface area contributed by atoms with Gasteiger partial charge >= 0.3 is 5.97 Å². The first-order valence-corrected chi connectivity index (χ1v) is 7.94. The van der Waals surface area contributed by atoms with Crippen LogP contribution in [0.1, 0.15) is 40.5 Å². The molecule has 0 bridgehead atoms. The van der Waals surface area contributed by atoms with Crippen molar-refractivity contribution in [3.05, 3.63) is 59.7 Å². The molecule has 0 saturated carbocycles. The molecule has 0 spiro atoms. The highest BCUT2D eigenvalue weighted by Crippen LogP contribution is 2.35. The number of hydrogen-bond acceptors (Lipinski definition) is 4. The lowest BCUT2D eigenvalue weighted by Gasteiger charge is -2.21. The summed E-state index contributed by atoms with van der Waals surface area (Å²) < 4.78 is 5.79. The Morgan fingerprint density at radius 1 is 1.04 bits per heavy atom. The van der Waals surface area contributed by atoms with Gasteiger partial charge in [-0.05, 0) is 37.6 Å². The van der Waals surface area contributed by atoms with E-state index in [0.717, 1.165) is 4.90 Å². The van der Waals surface area contributed by atoms with E-state index in [2.05, 4.69) is 0 Å². The van der Waals surface area contributed by atoms with Gasteiger partial charge in [0.05, 0.1) is 22.9 Å². The molecule has 2 amide bonds. The predicted octanol–water partition coefficient (Wildman–Crippen LogP) is 3.12. The number of nitrogens with zero attached hydrogens (tertiary/aromatic N) is 1. The number of carbonyl (C=O) groups is 3. The number of hydrogen-bond donors (Lipinski definition) is 1. The first-order chi connectivity index (χ1) is 12.0. The number of carbonyl (C=O) groups excluding carboxylic acids is 2. The molecule has 0 radical (unpaired) electrons. The van der Waals surface area contributed by atoms with Crippen LogP contribution < -0.4 is 9.64 Å².